The van der Waals surface area contributed by atoms with E-state index in [1.165, 1.54) is 28.2 Å². The minimum Gasteiger partial charge on any atom is -0.349 e. The Hall–Kier alpha value is -1.12. The zero-order valence-corrected chi connectivity index (χ0v) is 17.7. The lowest BCUT2D eigenvalue weighted by atomic mass is 10.0. The number of nitrogens with zero attached hydrogens (tertiary/aromatic N) is 1. The number of hydrogen-bond donors (Lipinski definition) is 2. The van der Waals surface area contributed by atoms with Crippen LogP contribution in [0.25, 0.3) is 0 Å². The number of rotatable bonds is 6. The number of alkyl halides is 3. The molecule has 1 aromatic heterocycles. The molecule has 2 heterocycles. The van der Waals surface area contributed by atoms with E-state index in [-0.39, 0.29) is 5.91 Å². The number of halogens is 3. The van der Waals surface area contributed by atoms with Gasteiger partial charge >= 0.3 is 6.18 Å². The fraction of sp³-hybridized carbons (Fsp3) is 0.762. The maximum atomic E-state index is 12.5. The second kappa shape index (κ2) is 8.55. The van der Waals surface area contributed by atoms with Gasteiger partial charge in [-0.05, 0) is 63.7 Å². The van der Waals surface area contributed by atoms with Gasteiger partial charge in [0.05, 0.1) is 11.4 Å². The molecule has 29 heavy (non-hydrogen) atoms. The number of thiophene rings is 1. The molecule has 0 radical (unpaired) electrons. The van der Waals surface area contributed by atoms with Crippen molar-refractivity contribution in [2.75, 3.05) is 19.6 Å². The molecule has 2 unspecified atom stereocenters. The van der Waals surface area contributed by atoms with Gasteiger partial charge in [0.1, 0.15) is 0 Å². The van der Waals surface area contributed by atoms with E-state index in [0.717, 1.165) is 37.0 Å². The van der Waals surface area contributed by atoms with Crippen molar-refractivity contribution in [3.63, 3.8) is 0 Å². The maximum absolute atomic E-state index is 12.5. The first-order valence-corrected chi connectivity index (χ1v) is 11.6. The molecule has 1 aliphatic heterocycles. The molecule has 1 saturated heterocycles. The van der Waals surface area contributed by atoms with E-state index in [1.54, 1.807) is 11.3 Å². The number of likely N-dealkylation sites (tertiary alicyclic amines) is 1. The summed E-state index contributed by atoms with van der Waals surface area (Å²) in [4.78, 5) is 16.0. The number of carbonyl (C=O) groups is 1. The van der Waals surface area contributed by atoms with Crippen molar-refractivity contribution >= 4 is 17.2 Å². The Labute approximate surface area is 174 Å². The summed E-state index contributed by atoms with van der Waals surface area (Å²) in [5.41, 5.74) is 1.26. The van der Waals surface area contributed by atoms with Crippen molar-refractivity contribution in [1.29, 1.82) is 0 Å². The van der Waals surface area contributed by atoms with Crippen molar-refractivity contribution in [3.05, 3.63) is 21.4 Å². The minimum atomic E-state index is -4.11. The summed E-state index contributed by atoms with van der Waals surface area (Å²) in [5.74, 6) is 0.478. The van der Waals surface area contributed by atoms with Gasteiger partial charge < -0.3 is 10.6 Å². The largest absolute Gasteiger partial charge is 0.401 e. The van der Waals surface area contributed by atoms with E-state index >= 15 is 0 Å². The Morgan fingerprint density at radius 3 is 2.52 bits per heavy atom. The van der Waals surface area contributed by atoms with E-state index in [2.05, 4.69) is 23.6 Å². The molecule has 3 fully saturated rings. The summed E-state index contributed by atoms with van der Waals surface area (Å²) in [6.07, 6.45) is 3.02. The summed E-state index contributed by atoms with van der Waals surface area (Å²) in [5, 5.41) is 6.81. The summed E-state index contributed by atoms with van der Waals surface area (Å²) in [7, 11) is 0. The molecule has 1 aromatic rings. The smallest absolute Gasteiger partial charge is 0.349 e. The van der Waals surface area contributed by atoms with Crippen LogP contribution in [0.1, 0.15) is 71.0 Å². The van der Waals surface area contributed by atoms with Crippen LogP contribution in [0.4, 0.5) is 13.2 Å². The lowest BCUT2D eigenvalue weighted by molar-refractivity contribution is -0.148. The van der Waals surface area contributed by atoms with Gasteiger partial charge in [0, 0.05) is 28.9 Å². The SMILES string of the molecule is Cc1sc(C(=O)NC2CCCC2)cc1C1CC1NC1CCN(CC(F)(F)F)CC1. The van der Waals surface area contributed by atoms with Crippen molar-refractivity contribution in [3.8, 4) is 0 Å². The molecule has 162 valence electrons. The number of aryl methyl sites for hydroxylation is 1. The third-order valence-corrected chi connectivity index (χ3v) is 7.57. The van der Waals surface area contributed by atoms with E-state index in [0.29, 0.717) is 37.1 Å². The van der Waals surface area contributed by atoms with Gasteiger partial charge in [-0.1, -0.05) is 12.8 Å². The van der Waals surface area contributed by atoms with Crippen LogP contribution in [0.3, 0.4) is 0 Å². The van der Waals surface area contributed by atoms with Crippen LogP contribution >= 0.6 is 11.3 Å². The Kier molecular flexibility index (Phi) is 6.23. The van der Waals surface area contributed by atoms with Crippen molar-refractivity contribution in [2.24, 2.45) is 0 Å². The van der Waals surface area contributed by atoms with Crippen molar-refractivity contribution in [2.45, 2.75) is 82.1 Å². The van der Waals surface area contributed by atoms with Crippen LogP contribution < -0.4 is 10.6 Å². The Bertz CT molecular complexity index is 721. The quantitative estimate of drug-likeness (QED) is 0.712. The molecule has 3 aliphatic rings. The van der Waals surface area contributed by atoms with Crippen LogP contribution in [-0.4, -0.2) is 54.7 Å². The average molecular weight is 430 g/mol. The predicted octanol–water partition coefficient (Wildman–Crippen LogP) is 4.20. The average Bonchev–Trinajstić information content (AvgIpc) is 3.02. The third-order valence-electron chi connectivity index (χ3n) is 6.50. The van der Waals surface area contributed by atoms with E-state index < -0.39 is 12.7 Å². The van der Waals surface area contributed by atoms with Crippen LogP contribution in [0.2, 0.25) is 0 Å². The van der Waals surface area contributed by atoms with Crippen LogP contribution in [0.15, 0.2) is 6.07 Å². The highest BCUT2D eigenvalue weighted by Gasteiger charge is 2.42. The van der Waals surface area contributed by atoms with Crippen LogP contribution in [0.5, 0.6) is 0 Å². The van der Waals surface area contributed by atoms with E-state index in [1.807, 2.05) is 0 Å². The topological polar surface area (TPSA) is 44.4 Å². The maximum Gasteiger partial charge on any atom is 0.401 e. The third kappa shape index (κ3) is 5.52. The van der Waals surface area contributed by atoms with E-state index in [4.69, 9.17) is 0 Å². The van der Waals surface area contributed by atoms with E-state index in [9.17, 15) is 18.0 Å². The molecular formula is C21H30F3N3OS. The zero-order chi connectivity index (χ0) is 20.6. The summed E-state index contributed by atoms with van der Waals surface area (Å²) in [6, 6.07) is 3.06. The minimum absolute atomic E-state index is 0.0541. The number of amides is 1. The van der Waals surface area contributed by atoms with Crippen molar-refractivity contribution in [1.82, 2.24) is 15.5 Å². The number of nitrogens with one attached hydrogen (secondary N) is 2. The molecule has 2 saturated carbocycles. The molecule has 4 nitrogen and oxygen atoms in total. The normalized spacial score (nSPS) is 26.8. The van der Waals surface area contributed by atoms with Gasteiger partial charge in [0.15, 0.2) is 0 Å². The fourth-order valence-corrected chi connectivity index (χ4v) is 5.84. The number of hydrogen-bond acceptors (Lipinski definition) is 4. The molecule has 2 atom stereocenters. The Morgan fingerprint density at radius 2 is 1.86 bits per heavy atom. The highest BCUT2D eigenvalue weighted by Crippen LogP contribution is 2.45. The molecule has 0 spiro atoms. The van der Waals surface area contributed by atoms with Gasteiger partial charge in [-0.2, -0.15) is 13.2 Å². The predicted molar refractivity (Wildman–Crippen MR) is 109 cm³/mol. The second-order valence-electron chi connectivity index (χ2n) is 8.86. The molecule has 0 bridgehead atoms. The van der Waals surface area contributed by atoms with Gasteiger partial charge in [-0.15, -0.1) is 11.3 Å². The standard InChI is InChI=1S/C21H30F3N3OS/c1-13-16(11-19(29-13)20(28)26-14-4-2-3-5-14)17-10-18(17)25-15-6-8-27(9-7-15)12-21(22,23)24/h11,14-15,17-18,25H,2-10,12H2,1H3,(H,26,28). The summed E-state index contributed by atoms with van der Waals surface area (Å²) in [6.45, 7) is 2.28. The first-order valence-electron chi connectivity index (χ1n) is 10.7. The Balaban J connectivity index is 1.25. The highest BCUT2D eigenvalue weighted by atomic mass is 32.1. The molecule has 4 rings (SSSR count). The van der Waals surface area contributed by atoms with Crippen LogP contribution in [-0.2, 0) is 0 Å². The van der Waals surface area contributed by atoms with Crippen molar-refractivity contribution < 1.29 is 18.0 Å². The Morgan fingerprint density at radius 1 is 1.17 bits per heavy atom. The van der Waals surface area contributed by atoms with Gasteiger partial charge in [0.25, 0.3) is 5.91 Å². The van der Waals surface area contributed by atoms with Gasteiger partial charge in [-0.25, -0.2) is 0 Å². The number of piperidine rings is 1. The zero-order valence-electron chi connectivity index (χ0n) is 16.9. The summed E-state index contributed by atoms with van der Waals surface area (Å²) >= 11 is 1.57. The van der Waals surface area contributed by atoms with Gasteiger partial charge in [-0.3, -0.25) is 9.69 Å². The monoisotopic (exact) mass is 429 g/mol. The lowest BCUT2D eigenvalue weighted by Gasteiger charge is -2.33. The molecule has 2 aliphatic carbocycles. The highest BCUT2D eigenvalue weighted by molar-refractivity contribution is 7.14. The first-order chi connectivity index (χ1) is 13.8. The molecular weight excluding hydrogens is 399 g/mol. The van der Waals surface area contributed by atoms with Crippen LogP contribution in [0, 0.1) is 6.92 Å². The van der Waals surface area contributed by atoms with Gasteiger partial charge in [0.2, 0.25) is 0 Å². The fourth-order valence-electron chi connectivity index (χ4n) is 4.84. The first kappa shape index (κ1) is 21.1. The molecule has 1 amide bonds. The second-order valence-corrected chi connectivity index (χ2v) is 10.1. The number of carbonyl (C=O) groups excluding carboxylic acids is 1. The summed E-state index contributed by atoms with van der Waals surface area (Å²) < 4.78 is 37.6. The molecule has 0 aromatic carbocycles. The molecule has 2 N–H and O–H groups in total. The molecule has 8 heteroatoms. The lowest BCUT2D eigenvalue weighted by Crippen LogP contribution is -2.46.